The lowest BCUT2D eigenvalue weighted by Crippen LogP contribution is -1.98. The Morgan fingerprint density at radius 3 is 2.14 bits per heavy atom. The average molecular weight is 120 g/mol. The van der Waals surface area contributed by atoms with E-state index in [1.54, 1.807) is 0 Å². The van der Waals surface area contributed by atoms with E-state index < -0.39 is 7.51 Å². The van der Waals surface area contributed by atoms with E-state index in [-0.39, 0.29) is 0 Å². The van der Waals surface area contributed by atoms with Gasteiger partial charge in [0.1, 0.15) is 0 Å². The monoisotopic (exact) mass is 120 g/mol. The van der Waals surface area contributed by atoms with Gasteiger partial charge in [-0.15, -0.1) is 0 Å². The molecule has 0 aromatic heterocycles. The van der Waals surface area contributed by atoms with Gasteiger partial charge in [-0.25, -0.2) is 0 Å². The number of hydrogen-bond donors (Lipinski definition) is 3. The van der Waals surface area contributed by atoms with E-state index in [4.69, 9.17) is 21.7 Å². The predicted octanol–water partition coefficient (Wildman–Crippen LogP) is 0.739. The molecule has 0 aromatic carbocycles. The predicted molar refractivity (Wildman–Crippen MR) is 27.2 cm³/mol. The highest BCUT2D eigenvalue weighted by atomic mass is 31.2. The SMILES string of the molecule is [N-]=[N+]=NP(=N)(N)N. The molecule has 0 aliphatic carbocycles. The van der Waals surface area contributed by atoms with Crippen molar-refractivity contribution < 1.29 is 0 Å². The first-order valence-corrected chi connectivity index (χ1v) is 3.22. The van der Waals surface area contributed by atoms with Crippen molar-refractivity contribution in [2.45, 2.75) is 0 Å². The molecule has 0 aromatic rings. The van der Waals surface area contributed by atoms with Gasteiger partial charge in [-0.3, -0.25) is 16.2 Å². The molecule has 0 rings (SSSR count). The normalized spacial score (nSPS) is 10.0. The van der Waals surface area contributed by atoms with Crippen molar-refractivity contribution in [3.05, 3.63) is 10.4 Å². The summed E-state index contributed by atoms with van der Waals surface area (Å²) < 4.78 is 0. The Labute approximate surface area is 40.1 Å². The van der Waals surface area contributed by atoms with Crippen LogP contribution in [0.15, 0.2) is 4.88 Å². The van der Waals surface area contributed by atoms with Gasteiger partial charge in [-0.2, -0.15) is 0 Å². The molecule has 0 heterocycles. The lowest BCUT2D eigenvalue weighted by molar-refractivity contribution is 1.44. The molecule has 0 bridgehead atoms. The first-order valence-electron chi connectivity index (χ1n) is 1.34. The fourth-order valence-electron chi connectivity index (χ4n) is 0.0662. The summed E-state index contributed by atoms with van der Waals surface area (Å²) in [7, 11) is -2.96. The summed E-state index contributed by atoms with van der Waals surface area (Å²) in [4.78, 5) is 5.01. The Bertz CT molecular complexity index is 132. The van der Waals surface area contributed by atoms with Gasteiger partial charge in [-0.1, -0.05) is 0 Å². The second kappa shape index (κ2) is 1.95. The van der Waals surface area contributed by atoms with Crippen LogP contribution in [-0.4, -0.2) is 0 Å². The van der Waals surface area contributed by atoms with Crippen LogP contribution in [0, 0.1) is 5.16 Å². The number of rotatable bonds is 1. The molecule has 0 aliphatic heterocycles. The van der Waals surface area contributed by atoms with Crippen LogP contribution in [0.25, 0.3) is 10.4 Å². The molecule has 6 nitrogen and oxygen atoms in total. The summed E-state index contributed by atoms with van der Waals surface area (Å²) in [6.45, 7) is 0. The van der Waals surface area contributed by atoms with Crippen molar-refractivity contribution in [1.29, 1.82) is 5.16 Å². The molecule has 0 saturated heterocycles. The Balaban J connectivity index is 4.10. The van der Waals surface area contributed by atoms with E-state index in [1.807, 2.05) is 0 Å². The zero-order valence-corrected chi connectivity index (χ0v) is 4.34. The zero-order valence-electron chi connectivity index (χ0n) is 3.44. The van der Waals surface area contributed by atoms with Gasteiger partial charge in [0.25, 0.3) is 0 Å². The maximum Gasteiger partial charge on any atom is 0.173 e. The Hall–Kier alpha value is -0.540. The summed E-state index contributed by atoms with van der Waals surface area (Å²) in [5, 5.41) is 6.58. The van der Waals surface area contributed by atoms with Crippen LogP contribution >= 0.6 is 7.51 Å². The van der Waals surface area contributed by atoms with E-state index in [0.29, 0.717) is 0 Å². The molecule has 0 radical (unpaired) electrons. The van der Waals surface area contributed by atoms with E-state index in [9.17, 15) is 0 Å². The maximum absolute atomic E-state index is 7.61. The number of nitrogens with two attached hydrogens (primary N) is 2. The fourth-order valence-corrected chi connectivity index (χ4v) is 0.199. The molecule has 7 heteroatoms. The summed E-state index contributed by atoms with van der Waals surface area (Å²) in [5.74, 6) is 0. The molecular weight excluding hydrogens is 115 g/mol. The highest BCUT2D eigenvalue weighted by Gasteiger charge is 1.92. The van der Waals surface area contributed by atoms with Crippen molar-refractivity contribution in [2.75, 3.05) is 0 Å². The van der Waals surface area contributed by atoms with Crippen molar-refractivity contribution in [2.24, 2.45) is 15.9 Å². The Kier molecular flexibility index (Phi) is 1.80. The van der Waals surface area contributed by atoms with Crippen LogP contribution in [0.5, 0.6) is 0 Å². The second-order valence-corrected chi connectivity index (χ2v) is 2.57. The van der Waals surface area contributed by atoms with Gasteiger partial charge in [-0.05, 0) is 10.4 Å². The number of hydrogen-bond acceptors (Lipinski definition) is 1. The van der Waals surface area contributed by atoms with Crippen LogP contribution in [0.4, 0.5) is 0 Å². The van der Waals surface area contributed by atoms with Crippen molar-refractivity contribution in [1.82, 2.24) is 0 Å². The minimum atomic E-state index is -2.96. The molecule has 5 N–H and O–H groups in total. The van der Waals surface area contributed by atoms with E-state index in [2.05, 4.69) is 9.80 Å². The molecule has 0 atom stereocenters. The summed E-state index contributed by atoms with van der Waals surface area (Å²) >= 11 is 0. The van der Waals surface area contributed by atoms with E-state index in [0.717, 1.165) is 0 Å². The first kappa shape index (κ1) is 6.46. The Morgan fingerprint density at radius 2 is 2.14 bits per heavy atom. The number of azide groups is 1. The van der Waals surface area contributed by atoms with E-state index in [1.165, 1.54) is 0 Å². The smallest absolute Gasteiger partial charge is 0.173 e. The van der Waals surface area contributed by atoms with Crippen molar-refractivity contribution in [3.63, 3.8) is 0 Å². The Morgan fingerprint density at radius 1 is 1.71 bits per heavy atom. The lowest BCUT2D eigenvalue weighted by atomic mass is 13.0. The topological polar surface area (TPSA) is 125 Å². The summed E-state index contributed by atoms with van der Waals surface area (Å²) in [6, 6.07) is 0. The van der Waals surface area contributed by atoms with Crippen LogP contribution in [-0.2, 0) is 0 Å². The van der Waals surface area contributed by atoms with Crippen LogP contribution in [0.3, 0.4) is 0 Å². The van der Waals surface area contributed by atoms with Gasteiger partial charge in [0.15, 0.2) is 7.51 Å². The second-order valence-electron chi connectivity index (χ2n) is 0.917. The highest BCUT2D eigenvalue weighted by Crippen LogP contribution is 2.26. The number of nitrogens with zero attached hydrogens (tertiary/aromatic N) is 3. The van der Waals surface area contributed by atoms with Crippen molar-refractivity contribution >= 4 is 7.51 Å². The van der Waals surface area contributed by atoms with Gasteiger partial charge in [0.05, 0.1) is 0 Å². The molecule has 0 aliphatic rings. The third-order valence-corrected chi connectivity index (χ3v) is 0.564. The minimum Gasteiger partial charge on any atom is -0.285 e. The lowest BCUT2D eigenvalue weighted by Gasteiger charge is -1.94. The average Bonchev–Trinajstić information content (AvgIpc) is 1.30. The standard InChI is InChI=1S/H5N6P/c1-5-6-7(2,3)4/h(H5,2,3,4). The quantitative estimate of drug-likeness (QED) is 0.204. The molecule has 0 fully saturated rings. The van der Waals surface area contributed by atoms with Gasteiger partial charge in [0, 0.05) is 4.91 Å². The summed E-state index contributed by atoms with van der Waals surface area (Å²) in [6.07, 6.45) is 0. The molecule has 0 amide bonds. The van der Waals surface area contributed by atoms with E-state index >= 15 is 0 Å². The van der Waals surface area contributed by atoms with Crippen LogP contribution in [0.1, 0.15) is 0 Å². The zero-order chi connectivity index (χ0) is 5.91. The fraction of sp³-hybridized carbons (Fsp3) is 0. The van der Waals surface area contributed by atoms with Crippen LogP contribution in [0.2, 0.25) is 0 Å². The molecule has 0 saturated carbocycles. The highest BCUT2D eigenvalue weighted by molar-refractivity contribution is 7.58. The van der Waals surface area contributed by atoms with Gasteiger partial charge in [0.2, 0.25) is 0 Å². The van der Waals surface area contributed by atoms with Crippen molar-refractivity contribution in [3.8, 4) is 0 Å². The molecule has 7 heavy (non-hydrogen) atoms. The molecule has 0 unspecified atom stereocenters. The number of nitrogens with one attached hydrogen (secondary N) is 1. The largest absolute Gasteiger partial charge is 0.285 e. The van der Waals surface area contributed by atoms with Gasteiger partial charge >= 0.3 is 0 Å². The molecule has 40 valence electrons. The minimum absolute atomic E-state index is 2.24. The van der Waals surface area contributed by atoms with Gasteiger partial charge < -0.3 is 0 Å². The maximum atomic E-state index is 7.61. The molecular formula is H5N6P. The third-order valence-electron chi connectivity index (χ3n) is 0.188. The third kappa shape index (κ3) is 5.46. The first-order chi connectivity index (χ1) is 3.06. The summed E-state index contributed by atoms with van der Waals surface area (Å²) in [5.41, 5.74) is 17.2. The van der Waals surface area contributed by atoms with Crippen LogP contribution < -0.4 is 11.0 Å². The molecule has 0 spiro atoms.